The normalized spacial score (nSPS) is 22.7. The van der Waals surface area contributed by atoms with Crippen molar-refractivity contribution >= 4 is 21.8 Å². The first kappa shape index (κ1) is 15.7. The van der Waals surface area contributed by atoms with E-state index in [1.807, 2.05) is 0 Å². The molecule has 0 aromatic carbocycles. The van der Waals surface area contributed by atoms with Gasteiger partial charge >= 0.3 is 12.0 Å². The third-order valence-corrected chi connectivity index (χ3v) is 4.70. The molecule has 2 amide bonds. The summed E-state index contributed by atoms with van der Waals surface area (Å²) in [6, 6.07) is -0.498. The number of amides is 2. The summed E-state index contributed by atoms with van der Waals surface area (Å²) < 4.78 is 22.4. The highest BCUT2D eigenvalue weighted by atomic mass is 32.2. The highest BCUT2D eigenvalue weighted by Crippen LogP contribution is 2.17. The zero-order valence-corrected chi connectivity index (χ0v) is 11.1. The van der Waals surface area contributed by atoms with Crippen LogP contribution in [0.25, 0.3) is 0 Å². The maximum absolute atomic E-state index is 11.3. The maximum atomic E-state index is 11.3. The minimum atomic E-state index is -2.95. The third-order valence-electron chi connectivity index (χ3n) is 2.87. The molecule has 4 N–H and O–H groups in total. The lowest BCUT2D eigenvalue weighted by Crippen LogP contribution is -2.40. The Morgan fingerprint density at radius 2 is 2.00 bits per heavy atom. The Labute approximate surface area is 111 Å². The summed E-state index contributed by atoms with van der Waals surface area (Å²) in [6.45, 7) is 0.300. The Hall–Kier alpha value is -1.35. The Morgan fingerprint density at radius 1 is 1.32 bits per heavy atom. The van der Waals surface area contributed by atoms with E-state index >= 15 is 0 Å². The van der Waals surface area contributed by atoms with Crippen LogP contribution in [0.15, 0.2) is 0 Å². The molecule has 1 aliphatic rings. The van der Waals surface area contributed by atoms with Crippen molar-refractivity contribution in [2.75, 3.05) is 24.6 Å². The van der Waals surface area contributed by atoms with Crippen molar-refractivity contribution in [3.05, 3.63) is 0 Å². The summed E-state index contributed by atoms with van der Waals surface area (Å²) in [5.74, 6) is -1.16. The zero-order valence-electron chi connectivity index (χ0n) is 10.3. The van der Waals surface area contributed by atoms with E-state index in [9.17, 15) is 18.0 Å². The molecule has 8 nitrogen and oxygen atoms in total. The van der Waals surface area contributed by atoms with Crippen LogP contribution >= 0.6 is 0 Å². The lowest BCUT2D eigenvalue weighted by molar-refractivity contribution is -0.146. The predicted octanol–water partition coefficient (Wildman–Crippen LogP) is -1.44. The smallest absolute Gasteiger partial charge is 0.332 e. The molecular formula is C10H18N2O6S. The van der Waals surface area contributed by atoms with Crippen LogP contribution in [0, 0.1) is 5.92 Å². The van der Waals surface area contributed by atoms with Gasteiger partial charge in [0.1, 0.15) is 0 Å². The summed E-state index contributed by atoms with van der Waals surface area (Å²) in [7, 11) is -2.95. The number of sulfone groups is 1. The fourth-order valence-electron chi connectivity index (χ4n) is 1.78. The molecule has 0 radical (unpaired) electrons. The van der Waals surface area contributed by atoms with Crippen LogP contribution in [0.5, 0.6) is 0 Å². The molecule has 19 heavy (non-hydrogen) atoms. The molecule has 1 fully saturated rings. The number of hydrogen-bond donors (Lipinski definition) is 4. The number of nitrogens with one attached hydrogen (secondary N) is 2. The molecule has 0 spiro atoms. The molecule has 0 aromatic rings. The van der Waals surface area contributed by atoms with E-state index in [1.165, 1.54) is 0 Å². The van der Waals surface area contributed by atoms with Gasteiger partial charge < -0.3 is 20.8 Å². The Morgan fingerprint density at radius 3 is 2.53 bits per heavy atom. The highest BCUT2D eigenvalue weighted by Gasteiger charge is 2.27. The van der Waals surface area contributed by atoms with Crippen molar-refractivity contribution in [2.24, 2.45) is 5.92 Å². The molecule has 2 atom stereocenters. The first-order valence-electron chi connectivity index (χ1n) is 5.93. The molecule has 1 unspecified atom stereocenters. The van der Waals surface area contributed by atoms with Crippen LogP contribution in [0.2, 0.25) is 0 Å². The van der Waals surface area contributed by atoms with Gasteiger partial charge in [-0.05, 0) is 12.3 Å². The lowest BCUT2D eigenvalue weighted by Gasteiger charge is -2.11. The topological polar surface area (TPSA) is 133 Å². The van der Waals surface area contributed by atoms with Gasteiger partial charge in [0.2, 0.25) is 0 Å². The summed E-state index contributed by atoms with van der Waals surface area (Å²) in [5.41, 5.74) is 0. The number of carboxylic acid groups (broad SMARTS) is 1. The molecular weight excluding hydrogens is 276 g/mol. The van der Waals surface area contributed by atoms with Crippen molar-refractivity contribution in [3.63, 3.8) is 0 Å². The molecule has 0 saturated carbocycles. The van der Waals surface area contributed by atoms with Gasteiger partial charge in [-0.15, -0.1) is 0 Å². The molecule has 1 saturated heterocycles. The SMILES string of the molecule is O=C(NCC[C@H](O)C(=O)O)NCC1CCS(=O)(=O)C1. The van der Waals surface area contributed by atoms with Gasteiger partial charge in [0.25, 0.3) is 0 Å². The van der Waals surface area contributed by atoms with Gasteiger partial charge in [-0.1, -0.05) is 0 Å². The average molecular weight is 294 g/mol. The number of carboxylic acids is 1. The molecule has 0 aliphatic carbocycles. The van der Waals surface area contributed by atoms with Crippen LogP contribution in [0.4, 0.5) is 4.79 Å². The van der Waals surface area contributed by atoms with Crippen LogP contribution < -0.4 is 10.6 Å². The molecule has 1 aliphatic heterocycles. The minimum absolute atomic E-state index is 0.0300. The number of carbonyl (C=O) groups excluding carboxylic acids is 1. The van der Waals surface area contributed by atoms with E-state index in [0.29, 0.717) is 6.42 Å². The monoisotopic (exact) mass is 294 g/mol. The maximum Gasteiger partial charge on any atom is 0.332 e. The number of rotatable bonds is 6. The molecule has 0 bridgehead atoms. The van der Waals surface area contributed by atoms with Gasteiger partial charge in [-0.3, -0.25) is 0 Å². The Balaban J connectivity index is 2.14. The largest absolute Gasteiger partial charge is 0.479 e. The van der Waals surface area contributed by atoms with Gasteiger partial charge in [0.05, 0.1) is 11.5 Å². The molecule has 1 heterocycles. The summed E-state index contributed by atoms with van der Waals surface area (Å²) >= 11 is 0. The second-order valence-electron chi connectivity index (χ2n) is 4.55. The molecule has 9 heteroatoms. The fourth-order valence-corrected chi connectivity index (χ4v) is 3.64. The van der Waals surface area contributed by atoms with E-state index in [1.54, 1.807) is 0 Å². The lowest BCUT2D eigenvalue weighted by atomic mass is 10.1. The van der Waals surface area contributed by atoms with E-state index in [-0.39, 0.29) is 36.9 Å². The predicted molar refractivity (Wildman–Crippen MR) is 66.4 cm³/mol. The number of aliphatic carboxylic acids is 1. The standard InChI is InChI=1S/C10H18N2O6S/c13-8(9(14)15)1-3-11-10(16)12-5-7-2-4-19(17,18)6-7/h7-8,13H,1-6H2,(H,14,15)(H2,11,12,16)/t7?,8-/m0/s1. The van der Waals surface area contributed by atoms with E-state index < -0.39 is 27.9 Å². The Kier molecular flexibility index (Phi) is 5.55. The summed E-state index contributed by atoms with van der Waals surface area (Å²) in [5, 5.41) is 22.3. The fraction of sp³-hybridized carbons (Fsp3) is 0.800. The van der Waals surface area contributed by atoms with Crippen LogP contribution in [0.1, 0.15) is 12.8 Å². The molecule has 110 valence electrons. The highest BCUT2D eigenvalue weighted by molar-refractivity contribution is 7.91. The zero-order chi connectivity index (χ0) is 14.5. The van der Waals surface area contributed by atoms with Crippen molar-refractivity contribution in [2.45, 2.75) is 18.9 Å². The average Bonchev–Trinajstić information content (AvgIpc) is 2.66. The number of carbonyl (C=O) groups is 2. The van der Waals surface area contributed by atoms with Crippen molar-refractivity contribution < 1.29 is 28.2 Å². The van der Waals surface area contributed by atoms with Crippen LogP contribution in [-0.2, 0) is 14.6 Å². The summed E-state index contributed by atoms with van der Waals surface area (Å²) in [4.78, 5) is 21.6. The number of hydrogen-bond acceptors (Lipinski definition) is 5. The molecule has 0 aromatic heterocycles. The second kappa shape index (κ2) is 6.71. The van der Waals surface area contributed by atoms with Crippen LogP contribution in [0.3, 0.4) is 0 Å². The first-order chi connectivity index (χ1) is 8.80. The second-order valence-corrected chi connectivity index (χ2v) is 6.78. The number of aliphatic hydroxyl groups is 1. The van der Waals surface area contributed by atoms with Crippen molar-refractivity contribution in [3.8, 4) is 0 Å². The first-order valence-corrected chi connectivity index (χ1v) is 7.75. The van der Waals surface area contributed by atoms with Gasteiger partial charge in [-0.25, -0.2) is 18.0 Å². The van der Waals surface area contributed by atoms with Gasteiger partial charge in [-0.2, -0.15) is 0 Å². The van der Waals surface area contributed by atoms with Crippen molar-refractivity contribution in [1.29, 1.82) is 0 Å². The van der Waals surface area contributed by atoms with Crippen LogP contribution in [-0.4, -0.2) is 61.3 Å². The van der Waals surface area contributed by atoms with E-state index in [0.717, 1.165) is 0 Å². The quantitative estimate of drug-likeness (QED) is 0.474. The van der Waals surface area contributed by atoms with Gasteiger partial charge in [0.15, 0.2) is 15.9 Å². The third kappa shape index (κ3) is 5.88. The molecule has 1 rings (SSSR count). The van der Waals surface area contributed by atoms with Gasteiger partial charge in [0, 0.05) is 19.5 Å². The minimum Gasteiger partial charge on any atom is -0.479 e. The number of urea groups is 1. The van der Waals surface area contributed by atoms with E-state index in [4.69, 9.17) is 10.2 Å². The number of aliphatic hydroxyl groups excluding tert-OH is 1. The van der Waals surface area contributed by atoms with Crippen molar-refractivity contribution in [1.82, 2.24) is 10.6 Å². The Bertz CT molecular complexity index is 435. The summed E-state index contributed by atoms with van der Waals surface area (Å²) in [6.07, 6.45) is -1.04. The van der Waals surface area contributed by atoms with E-state index in [2.05, 4.69) is 10.6 Å².